The van der Waals surface area contributed by atoms with Crippen molar-refractivity contribution in [3.8, 4) is 0 Å². The lowest BCUT2D eigenvalue weighted by molar-refractivity contribution is 0.0526. The molecule has 0 fully saturated rings. The van der Waals surface area contributed by atoms with Gasteiger partial charge in [0, 0.05) is 4.47 Å². The number of carbonyl (C=O) groups excluding carboxylic acids is 1. The molecule has 0 radical (unpaired) electrons. The van der Waals surface area contributed by atoms with Crippen LogP contribution in [0.1, 0.15) is 37.0 Å². The minimum Gasteiger partial charge on any atom is -0.462 e. The molecule has 0 bridgehead atoms. The van der Waals surface area contributed by atoms with E-state index in [9.17, 15) is 13.2 Å². The number of carbonyl (C=O) groups is 1. The van der Waals surface area contributed by atoms with E-state index in [1.165, 1.54) is 12.1 Å². The fourth-order valence-electron chi connectivity index (χ4n) is 1.49. The molecule has 0 saturated carbocycles. The molecular weight excluding hydrogens is 346 g/mol. The smallest absolute Gasteiger partial charge is 0.338 e. The van der Waals surface area contributed by atoms with Crippen LogP contribution in [0.25, 0.3) is 0 Å². The average molecular weight is 364 g/mol. The molecular formula is C13H18BrNO4S. The summed E-state index contributed by atoms with van der Waals surface area (Å²) in [6.45, 7) is 3.95. The molecule has 112 valence electrons. The Hall–Kier alpha value is -1.08. The van der Waals surface area contributed by atoms with Crippen LogP contribution in [0, 0.1) is 0 Å². The van der Waals surface area contributed by atoms with Crippen LogP contribution in [0.5, 0.6) is 0 Å². The summed E-state index contributed by atoms with van der Waals surface area (Å²) < 4.78 is 31.5. The zero-order valence-corrected chi connectivity index (χ0v) is 13.9. The molecule has 0 aliphatic heterocycles. The molecule has 0 heterocycles. The van der Waals surface area contributed by atoms with Crippen LogP contribution in [0.4, 0.5) is 5.69 Å². The second kappa shape index (κ2) is 7.64. The molecule has 1 rings (SSSR count). The summed E-state index contributed by atoms with van der Waals surface area (Å²) in [5.74, 6) is -0.358. The maximum atomic E-state index is 11.8. The van der Waals surface area contributed by atoms with E-state index in [-0.39, 0.29) is 5.75 Å². The predicted molar refractivity (Wildman–Crippen MR) is 82.4 cm³/mol. The van der Waals surface area contributed by atoms with Crippen molar-refractivity contribution in [3.05, 3.63) is 28.2 Å². The van der Waals surface area contributed by atoms with Gasteiger partial charge in [-0.25, -0.2) is 13.2 Å². The lowest BCUT2D eigenvalue weighted by Gasteiger charge is -2.10. The highest BCUT2D eigenvalue weighted by Crippen LogP contribution is 2.25. The number of rotatable bonds is 7. The summed E-state index contributed by atoms with van der Waals surface area (Å²) in [6, 6.07) is 4.61. The third-order valence-corrected chi connectivity index (χ3v) is 4.53. The minimum absolute atomic E-state index is 0.0789. The van der Waals surface area contributed by atoms with Crippen LogP contribution in [0.15, 0.2) is 22.7 Å². The molecule has 0 aromatic heterocycles. The molecule has 0 amide bonds. The van der Waals surface area contributed by atoms with E-state index in [1.807, 2.05) is 6.92 Å². The number of anilines is 1. The Kier molecular flexibility index (Phi) is 6.48. The number of nitrogens with one attached hydrogen (secondary N) is 1. The maximum Gasteiger partial charge on any atom is 0.338 e. The Morgan fingerprint density at radius 1 is 1.35 bits per heavy atom. The van der Waals surface area contributed by atoms with Crippen LogP contribution in [0.3, 0.4) is 0 Å². The first-order valence-corrected chi connectivity index (χ1v) is 8.81. The van der Waals surface area contributed by atoms with Gasteiger partial charge in [-0.1, -0.05) is 13.3 Å². The van der Waals surface area contributed by atoms with Gasteiger partial charge in [0.25, 0.3) is 0 Å². The van der Waals surface area contributed by atoms with Gasteiger partial charge < -0.3 is 4.74 Å². The van der Waals surface area contributed by atoms with Gasteiger partial charge in [-0.05, 0) is 47.5 Å². The second-order valence-electron chi connectivity index (χ2n) is 4.19. The SMILES string of the molecule is CCCCS(=O)(=O)Nc1ccc(C(=O)OCC)cc1Br. The summed E-state index contributed by atoms with van der Waals surface area (Å²) in [5.41, 5.74) is 0.782. The Labute approximate surface area is 127 Å². The monoisotopic (exact) mass is 363 g/mol. The van der Waals surface area contributed by atoms with Gasteiger partial charge in [-0.15, -0.1) is 0 Å². The fraction of sp³-hybridized carbons (Fsp3) is 0.462. The number of halogens is 1. The van der Waals surface area contributed by atoms with Crippen LogP contribution < -0.4 is 4.72 Å². The van der Waals surface area contributed by atoms with Crippen molar-refractivity contribution in [2.24, 2.45) is 0 Å². The van der Waals surface area contributed by atoms with E-state index < -0.39 is 16.0 Å². The first-order valence-electron chi connectivity index (χ1n) is 6.36. The van der Waals surface area contributed by atoms with E-state index in [2.05, 4.69) is 20.7 Å². The van der Waals surface area contributed by atoms with Crippen molar-refractivity contribution in [3.63, 3.8) is 0 Å². The van der Waals surface area contributed by atoms with Crippen molar-refractivity contribution >= 4 is 37.6 Å². The predicted octanol–water partition coefficient (Wildman–Crippen LogP) is 3.17. The molecule has 0 aliphatic carbocycles. The molecule has 0 unspecified atom stereocenters. The highest BCUT2D eigenvalue weighted by Gasteiger charge is 2.14. The highest BCUT2D eigenvalue weighted by molar-refractivity contribution is 9.10. The molecule has 0 saturated heterocycles. The van der Waals surface area contributed by atoms with Crippen molar-refractivity contribution < 1.29 is 17.9 Å². The Morgan fingerprint density at radius 2 is 2.05 bits per heavy atom. The first-order chi connectivity index (χ1) is 9.39. The third-order valence-electron chi connectivity index (χ3n) is 2.51. The summed E-state index contributed by atoms with van der Waals surface area (Å²) in [5, 5.41) is 0. The van der Waals surface area contributed by atoms with Gasteiger partial charge >= 0.3 is 5.97 Å². The van der Waals surface area contributed by atoms with Gasteiger partial charge in [0.1, 0.15) is 0 Å². The molecule has 0 aliphatic rings. The van der Waals surface area contributed by atoms with Gasteiger partial charge in [0.2, 0.25) is 10.0 Å². The summed E-state index contributed by atoms with van der Waals surface area (Å²) in [6.07, 6.45) is 1.41. The molecule has 0 atom stereocenters. The Morgan fingerprint density at radius 3 is 2.60 bits per heavy atom. The Bertz CT molecular complexity index is 572. The topological polar surface area (TPSA) is 72.5 Å². The third kappa shape index (κ3) is 5.13. The van der Waals surface area contributed by atoms with Crippen molar-refractivity contribution in [1.29, 1.82) is 0 Å². The molecule has 0 spiro atoms. The largest absolute Gasteiger partial charge is 0.462 e. The van der Waals surface area contributed by atoms with E-state index in [1.54, 1.807) is 13.0 Å². The van der Waals surface area contributed by atoms with Gasteiger partial charge in [0.15, 0.2) is 0 Å². The molecule has 7 heteroatoms. The molecule has 1 aromatic rings. The van der Waals surface area contributed by atoms with E-state index >= 15 is 0 Å². The van der Waals surface area contributed by atoms with E-state index in [4.69, 9.17) is 4.74 Å². The number of unbranched alkanes of at least 4 members (excludes halogenated alkanes) is 1. The van der Waals surface area contributed by atoms with E-state index in [0.717, 1.165) is 6.42 Å². The van der Waals surface area contributed by atoms with E-state index in [0.29, 0.717) is 28.8 Å². The number of hydrogen-bond acceptors (Lipinski definition) is 4. The Balaban J connectivity index is 2.86. The summed E-state index contributed by atoms with van der Waals surface area (Å²) >= 11 is 3.25. The normalized spacial score (nSPS) is 11.2. The van der Waals surface area contributed by atoms with Crippen LogP contribution in [0.2, 0.25) is 0 Å². The van der Waals surface area contributed by atoms with Crippen molar-refractivity contribution in [2.45, 2.75) is 26.7 Å². The van der Waals surface area contributed by atoms with Gasteiger partial charge in [-0.3, -0.25) is 4.72 Å². The number of ether oxygens (including phenoxy) is 1. The standard InChI is InChI=1S/C13H18BrNO4S/c1-3-5-8-20(17,18)15-12-7-6-10(9-11(12)14)13(16)19-4-2/h6-7,9,15H,3-5,8H2,1-2H3. The zero-order valence-electron chi connectivity index (χ0n) is 11.5. The lowest BCUT2D eigenvalue weighted by atomic mass is 10.2. The quantitative estimate of drug-likeness (QED) is 0.755. The molecule has 1 N–H and O–H groups in total. The number of sulfonamides is 1. The molecule has 20 heavy (non-hydrogen) atoms. The number of esters is 1. The first kappa shape index (κ1) is 17.0. The second-order valence-corrected chi connectivity index (χ2v) is 6.89. The summed E-state index contributed by atoms with van der Waals surface area (Å²) in [7, 11) is -3.36. The van der Waals surface area contributed by atoms with Crippen molar-refractivity contribution in [2.75, 3.05) is 17.1 Å². The highest BCUT2D eigenvalue weighted by atomic mass is 79.9. The van der Waals surface area contributed by atoms with Crippen LogP contribution in [-0.2, 0) is 14.8 Å². The minimum atomic E-state index is -3.36. The fourth-order valence-corrected chi connectivity index (χ4v) is 3.39. The lowest BCUT2D eigenvalue weighted by Crippen LogP contribution is -2.17. The van der Waals surface area contributed by atoms with Gasteiger partial charge in [-0.2, -0.15) is 0 Å². The zero-order chi connectivity index (χ0) is 15.2. The van der Waals surface area contributed by atoms with Crippen LogP contribution in [-0.4, -0.2) is 26.7 Å². The average Bonchev–Trinajstić information content (AvgIpc) is 2.39. The number of benzene rings is 1. The van der Waals surface area contributed by atoms with Gasteiger partial charge in [0.05, 0.1) is 23.6 Å². The maximum absolute atomic E-state index is 11.8. The number of hydrogen-bond donors (Lipinski definition) is 1. The molecule has 5 nitrogen and oxygen atoms in total. The van der Waals surface area contributed by atoms with Crippen LogP contribution >= 0.6 is 15.9 Å². The molecule has 1 aromatic carbocycles. The van der Waals surface area contributed by atoms with Crippen molar-refractivity contribution in [1.82, 2.24) is 0 Å². The summed E-state index contributed by atoms with van der Waals surface area (Å²) in [4.78, 5) is 11.6.